The van der Waals surface area contributed by atoms with Crippen molar-refractivity contribution >= 4 is 11.9 Å². The van der Waals surface area contributed by atoms with Gasteiger partial charge in [0.2, 0.25) is 0 Å². The fraction of sp³-hybridized carbons (Fsp3) is 0.409. The second-order valence-electron chi connectivity index (χ2n) is 14.0. The van der Waals surface area contributed by atoms with Crippen LogP contribution in [-0.4, -0.2) is 62.8 Å². The Morgan fingerprint density at radius 2 is 0.893 bits per heavy atom. The van der Waals surface area contributed by atoms with E-state index in [9.17, 15) is 9.59 Å². The van der Waals surface area contributed by atoms with Gasteiger partial charge in [-0.25, -0.2) is 27.2 Å². The Labute approximate surface area is 324 Å². The average molecular weight is 779 g/mol. The maximum atomic E-state index is 15.2. The molecule has 6 rings (SSSR count). The number of unbranched alkanes of at least 4 members (excludes halogenated alkanes) is 6. The first-order valence-corrected chi connectivity index (χ1v) is 19.3. The Hall–Kier alpha value is -4.94. The van der Waals surface area contributed by atoms with Gasteiger partial charge < -0.3 is 28.4 Å². The van der Waals surface area contributed by atoms with E-state index in [1.54, 1.807) is 48.5 Å². The molecule has 2 heterocycles. The number of rotatable bonds is 18. The third kappa shape index (κ3) is 9.89. The van der Waals surface area contributed by atoms with E-state index in [4.69, 9.17) is 28.4 Å². The van der Waals surface area contributed by atoms with E-state index in [1.807, 2.05) is 0 Å². The van der Waals surface area contributed by atoms with Crippen molar-refractivity contribution in [1.82, 2.24) is 0 Å². The zero-order chi connectivity index (χ0) is 39.6. The van der Waals surface area contributed by atoms with Gasteiger partial charge in [0.05, 0.1) is 26.4 Å². The van der Waals surface area contributed by atoms with Crippen molar-refractivity contribution in [2.24, 2.45) is 0 Å². The van der Waals surface area contributed by atoms with Crippen molar-refractivity contribution in [2.45, 2.75) is 89.6 Å². The molecule has 0 unspecified atom stereocenters. The lowest BCUT2D eigenvalue weighted by Crippen LogP contribution is -2.36. The average Bonchev–Trinajstić information content (AvgIpc) is 3.77. The summed E-state index contributed by atoms with van der Waals surface area (Å²) in [5, 5.41) is 0. The number of halogens is 4. The van der Waals surface area contributed by atoms with Crippen molar-refractivity contribution in [3.05, 3.63) is 107 Å². The van der Waals surface area contributed by atoms with E-state index in [1.165, 1.54) is 0 Å². The molecule has 2 aliphatic rings. The van der Waals surface area contributed by atoms with Gasteiger partial charge in [-0.1, -0.05) is 76.6 Å². The van der Waals surface area contributed by atoms with Gasteiger partial charge in [-0.15, -0.1) is 0 Å². The van der Waals surface area contributed by atoms with E-state index in [0.717, 1.165) is 75.6 Å². The molecule has 2 fully saturated rings. The Kier molecular flexibility index (Phi) is 14.0. The summed E-state index contributed by atoms with van der Waals surface area (Å²) in [5.74, 6) is -5.75. The lowest BCUT2D eigenvalue weighted by atomic mass is 10.0. The molecule has 2 saturated heterocycles. The highest BCUT2D eigenvalue weighted by atomic mass is 19.1. The molecular weight excluding hydrogens is 732 g/mol. The van der Waals surface area contributed by atoms with Gasteiger partial charge in [0.15, 0.2) is 12.2 Å². The van der Waals surface area contributed by atoms with Gasteiger partial charge in [-0.05, 0) is 83.6 Å². The minimum absolute atomic E-state index is 0.217. The first-order valence-electron chi connectivity index (χ1n) is 19.3. The molecule has 0 aromatic heterocycles. The van der Waals surface area contributed by atoms with Crippen LogP contribution < -0.4 is 9.47 Å². The van der Waals surface area contributed by atoms with E-state index in [0.29, 0.717) is 35.8 Å². The summed E-state index contributed by atoms with van der Waals surface area (Å²) >= 11 is 0. The van der Waals surface area contributed by atoms with E-state index < -0.39 is 70.8 Å². The third-order valence-corrected chi connectivity index (χ3v) is 9.88. The van der Waals surface area contributed by atoms with Crippen LogP contribution in [0.15, 0.2) is 72.8 Å². The maximum Gasteiger partial charge on any atom is 0.344 e. The molecule has 0 radical (unpaired) electrons. The second kappa shape index (κ2) is 19.3. The maximum absolute atomic E-state index is 15.2. The highest BCUT2D eigenvalue weighted by molar-refractivity contribution is 5.92. The molecule has 0 N–H and O–H groups in total. The molecule has 0 amide bonds. The molecule has 12 heteroatoms. The number of hydrogen-bond acceptors (Lipinski definition) is 8. The molecule has 8 nitrogen and oxygen atoms in total. The molecule has 298 valence electrons. The first kappa shape index (κ1) is 40.7. The van der Waals surface area contributed by atoms with Crippen molar-refractivity contribution in [2.75, 3.05) is 26.4 Å². The Balaban J connectivity index is 1.02. The van der Waals surface area contributed by atoms with E-state index in [2.05, 4.69) is 13.8 Å². The summed E-state index contributed by atoms with van der Waals surface area (Å²) in [4.78, 5) is 26.0. The topological polar surface area (TPSA) is 89.5 Å². The number of carbonyl (C=O) groups is 2. The molecule has 4 atom stereocenters. The molecule has 2 aliphatic heterocycles. The molecule has 56 heavy (non-hydrogen) atoms. The molecular formula is C44H46F4O8. The van der Waals surface area contributed by atoms with Gasteiger partial charge in [0.1, 0.15) is 58.1 Å². The highest BCUT2D eigenvalue weighted by Crippen LogP contribution is 2.34. The zero-order valence-electron chi connectivity index (χ0n) is 31.5. The van der Waals surface area contributed by atoms with Crippen LogP contribution in [0.25, 0.3) is 22.3 Å². The standard InChI is InChI=1S/C44H46F4O8/c1-3-5-7-9-19-51-31-15-11-27(12-16-31)29-21-33(45)39(34(46)22-29)43(49)55-37-25-53-42-38(26-54-41(37)42)56-44(50)40-35(47)23-30(24-36(40)48)28-13-17-32(18-14-28)52-20-10-8-6-4-2/h11-18,21-24,37-38,41-42H,3-10,19-20,25-26H2,1-2H3/t37-,38+,41-,42-/m0/s1. The third-order valence-electron chi connectivity index (χ3n) is 9.88. The largest absolute Gasteiger partial charge is 0.494 e. The Morgan fingerprint density at radius 3 is 1.23 bits per heavy atom. The number of benzene rings is 4. The zero-order valence-corrected chi connectivity index (χ0v) is 31.5. The van der Waals surface area contributed by atoms with Gasteiger partial charge in [0.25, 0.3) is 0 Å². The van der Waals surface area contributed by atoms with Crippen molar-refractivity contribution < 1.29 is 55.6 Å². The van der Waals surface area contributed by atoms with Gasteiger partial charge in [0, 0.05) is 0 Å². The van der Waals surface area contributed by atoms with Crippen LogP contribution in [0.5, 0.6) is 11.5 Å². The second-order valence-corrected chi connectivity index (χ2v) is 14.0. The summed E-state index contributed by atoms with van der Waals surface area (Å²) in [6.07, 6.45) is 4.42. The van der Waals surface area contributed by atoms with Crippen molar-refractivity contribution in [1.29, 1.82) is 0 Å². The van der Waals surface area contributed by atoms with Crippen molar-refractivity contribution in [3.8, 4) is 33.8 Å². The van der Waals surface area contributed by atoms with Crippen LogP contribution in [0.2, 0.25) is 0 Å². The van der Waals surface area contributed by atoms with Crippen LogP contribution >= 0.6 is 0 Å². The number of carbonyl (C=O) groups excluding carboxylic acids is 2. The minimum atomic E-state index is -1.27. The number of hydrogen-bond donors (Lipinski definition) is 0. The lowest BCUT2D eigenvalue weighted by Gasteiger charge is -2.18. The molecule has 0 spiro atoms. The highest BCUT2D eigenvalue weighted by Gasteiger charge is 2.51. The normalized spacial score (nSPS) is 18.8. The molecule has 0 bridgehead atoms. The molecule has 0 saturated carbocycles. The predicted molar refractivity (Wildman–Crippen MR) is 201 cm³/mol. The SMILES string of the molecule is CCCCCCOc1ccc(-c2cc(F)c(C(=O)O[C@H]3CO[C@@H]4[C@H]3OC[C@H]4OC(=O)c3c(F)cc(-c4ccc(OCCCCCC)cc4)cc3F)c(F)c2)cc1. The smallest absolute Gasteiger partial charge is 0.344 e. The van der Waals surface area contributed by atoms with Crippen molar-refractivity contribution in [3.63, 3.8) is 0 Å². The number of fused-ring (bicyclic) bond motifs is 1. The van der Waals surface area contributed by atoms with E-state index in [-0.39, 0.29) is 24.3 Å². The van der Waals surface area contributed by atoms with Gasteiger partial charge in [-0.2, -0.15) is 0 Å². The fourth-order valence-electron chi connectivity index (χ4n) is 6.82. The molecule has 0 aliphatic carbocycles. The summed E-state index contributed by atoms with van der Waals surface area (Å²) in [7, 11) is 0. The summed E-state index contributed by atoms with van der Waals surface area (Å²) in [5.41, 5.74) is -0.299. The van der Waals surface area contributed by atoms with Crippen LogP contribution in [0.4, 0.5) is 17.6 Å². The number of ether oxygens (including phenoxy) is 6. The Morgan fingerprint density at radius 1 is 0.536 bits per heavy atom. The molecule has 4 aromatic rings. The lowest BCUT2D eigenvalue weighted by molar-refractivity contribution is -0.0293. The summed E-state index contributed by atoms with van der Waals surface area (Å²) in [6.45, 7) is 4.95. The van der Waals surface area contributed by atoms with E-state index >= 15 is 17.6 Å². The molecule has 4 aromatic carbocycles. The summed E-state index contributed by atoms with van der Waals surface area (Å²) in [6, 6.07) is 17.7. The quantitative estimate of drug-likeness (QED) is 0.0561. The van der Waals surface area contributed by atoms with Gasteiger partial charge >= 0.3 is 11.9 Å². The predicted octanol–water partition coefficient (Wildman–Crippen LogP) is 10.0. The fourth-order valence-corrected chi connectivity index (χ4v) is 6.82. The Bertz CT molecular complexity index is 1760. The first-order chi connectivity index (χ1) is 27.2. The van der Waals surface area contributed by atoms with Gasteiger partial charge in [-0.3, -0.25) is 0 Å². The van der Waals surface area contributed by atoms with Crippen LogP contribution in [0.3, 0.4) is 0 Å². The summed E-state index contributed by atoms with van der Waals surface area (Å²) < 4.78 is 94.6. The monoisotopic (exact) mass is 778 g/mol. The number of esters is 2. The minimum Gasteiger partial charge on any atom is -0.494 e. The van der Waals surface area contributed by atoms with Crippen LogP contribution in [-0.2, 0) is 18.9 Å². The van der Waals surface area contributed by atoms with Crippen LogP contribution in [0.1, 0.15) is 85.9 Å². The van der Waals surface area contributed by atoms with Crippen LogP contribution in [0, 0.1) is 23.3 Å².